The molecule has 3 aromatic heterocycles. The minimum Gasteiger partial charge on any atom is -0.372 e. The third-order valence-corrected chi connectivity index (χ3v) is 9.61. The predicted molar refractivity (Wildman–Crippen MR) is 184 cm³/mol. The summed E-state index contributed by atoms with van der Waals surface area (Å²) in [6, 6.07) is 12.1. The third kappa shape index (κ3) is 6.56. The Morgan fingerprint density at radius 3 is 2.48 bits per heavy atom. The van der Waals surface area contributed by atoms with Crippen LogP contribution < -0.4 is 9.80 Å². The lowest BCUT2D eigenvalue weighted by molar-refractivity contribution is -0.132. The number of amides is 2. The first-order valence-electron chi connectivity index (χ1n) is 17.0. The molecule has 2 amide bonds. The van der Waals surface area contributed by atoms with Crippen LogP contribution in [0.2, 0.25) is 0 Å². The minimum atomic E-state index is -0.183. The number of aryl methyl sites for hydroxylation is 1. The van der Waals surface area contributed by atoms with Crippen molar-refractivity contribution in [3.63, 3.8) is 0 Å². The van der Waals surface area contributed by atoms with Crippen molar-refractivity contribution < 1.29 is 14.3 Å². The normalized spacial score (nSPS) is 21.9. The lowest BCUT2D eigenvalue weighted by atomic mass is 9.98. The molecule has 2 saturated heterocycles. The van der Waals surface area contributed by atoms with Gasteiger partial charge in [0, 0.05) is 51.9 Å². The van der Waals surface area contributed by atoms with E-state index in [2.05, 4.69) is 62.1 Å². The van der Waals surface area contributed by atoms with Gasteiger partial charge in [-0.1, -0.05) is 30.3 Å². The molecule has 0 saturated carbocycles. The molecule has 0 unspecified atom stereocenters. The molecule has 3 aliphatic rings. The maximum Gasteiger partial charge on any atom is 0.237 e. The van der Waals surface area contributed by atoms with Gasteiger partial charge in [-0.25, -0.2) is 9.97 Å². The van der Waals surface area contributed by atoms with E-state index in [-0.39, 0.29) is 29.9 Å². The summed E-state index contributed by atoms with van der Waals surface area (Å²) >= 11 is 0. The van der Waals surface area contributed by atoms with Gasteiger partial charge in [0.25, 0.3) is 0 Å². The highest BCUT2D eigenvalue weighted by atomic mass is 16.5. The van der Waals surface area contributed by atoms with E-state index in [1.165, 1.54) is 5.57 Å². The number of hydrogen-bond donors (Lipinski definition) is 1. The molecule has 2 fully saturated rings. The first-order chi connectivity index (χ1) is 23.2. The summed E-state index contributed by atoms with van der Waals surface area (Å²) < 4.78 is 7.61. The Labute approximate surface area is 280 Å². The van der Waals surface area contributed by atoms with Gasteiger partial charge in [0.15, 0.2) is 11.6 Å². The number of hydrogen-bond acceptors (Lipinski definition) is 9. The fourth-order valence-electron chi connectivity index (χ4n) is 7.18. The van der Waals surface area contributed by atoms with E-state index in [1.54, 1.807) is 15.9 Å². The van der Waals surface area contributed by atoms with E-state index < -0.39 is 0 Å². The highest BCUT2D eigenvalue weighted by Crippen LogP contribution is 2.30. The van der Waals surface area contributed by atoms with Crippen molar-refractivity contribution in [2.75, 3.05) is 62.2 Å². The van der Waals surface area contributed by atoms with E-state index in [0.717, 1.165) is 60.5 Å². The van der Waals surface area contributed by atoms with E-state index in [4.69, 9.17) is 9.72 Å². The number of rotatable bonds is 8. The maximum atomic E-state index is 13.8. The second-order valence-electron chi connectivity index (χ2n) is 13.2. The van der Waals surface area contributed by atoms with Crippen LogP contribution in [0, 0.1) is 5.92 Å². The number of nitrogens with zero attached hydrogens (tertiary/aromatic N) is 9. The molecule has 3 atom stereocenters. The van der Waals surface area contributed by atoms with Gasteiger partial charge in [-0.05, 0) is 63.4 Å². The van der Waals surface area contributed by atoms with Gasteiger partial charge in [0.2, 0.25) is 11.8 Å². The van der Waals surface area contributed by atoms with E-state index in [1.807, 2.05) is 43.1 Å². The summed E-state index contributed by atoms with van der Waals surface area (Å²) in [5.41, 5.74) is 4.98. The zero-order valence-electron chi connectivity index (χ0n) is 28.2. The summed E-state index contributed by atoms with van der Waals surface area (Å²) in [5, 5.41) is 12.1. The van der Waals surface area contributed by atoms with E-state index in [9.17, 15) is 9.59 Å². The lowest BCUT2D eigenvalue weighted by Gasteiger charge is -2.35. The number of benzene rings is 1. The number of carbonyl (C=O) groups excluding carboxylic acids is 2. The van der Waals surface area contributed by atoms with Crippen LogP contribution >= 0.6 is 0 Å². The van der Waals surface area contributed by atoms with Crippen molar-refractivity contribution in [3.8, 4) is 11.4 Å². The van der Waals surface area contributed by atoms with Crippen LogP contribution in [0.25, 0.3) is 28.0 Å². The van der Waals surface area contributed by atoms with Gasteiger partial charge < -0.3 is 14.5 Å². The highest BCUT2D eigenvalue weighted by molar-refractivity contribution is 5.96. The first kappa shape index (κ1) is 32.0. The van der Waals surface area contributed by atoms with Crippen LogP contribution in [-0.4, -0.2) is 116 Å². The molecule has 0 bridgehead atoms. The average molecular weight is 653 g/mol. The molecule has 48 heavy (non-hydrogen) atoms. The Morgan fingerprint density at radius 2 is 1.79 bits per heavy atom. The molecule has 3 aliphatic heterocycles. The zero-order valence-corrected chi connectivity index (χ0v) is 28.2. The molecule has 1 aromatic carbocycles. The number of H-pyrrole nitrogens is 1. The largest absolute Gasteiger partial charge is 0.372 e. The summed E-state index contributed by atoms with van der Waals surface area (Å²) in [6.45, 7) is 11.0. The monoisotopic (exact) mass is 652 g/mol. The van der Waals surface area contributed by atoms with Gasteiger partial charge in [0.05, 0.1) is 30.2 Å². The van der Waals surface area contributed by atoms with Gasteiger partial charge in [-0.15, -0.1) is 0 Å². The van der Waals surface area contributed by atoms with Crippen molar-refractivity contribution in [1.29, 1.82) is 0 Å². The van der Waals surface area contributed by atoms with Crippen molar-refractivity contribution >= 4 is 40.1 Å². The second kappa shape index (κ2) is 13.5. The predicted octanol–water partition coefficient (Wildman–Crippen LogP) is 3.36. The lowest BCUT2D eigenvalue weighted by Crippen LogP contribution is -2.45. The molecule has 4 aromatic rings. The van der Waals surface area contributed by atoms with Crippen molar-refractivity contribution in [1.82, 2.24) is 39.7 Å². The fraction of sp³-hybridized carbons (Fsp3) is 0.486. The standard InChI is InChI=1S/C35H44N10O3/c1-5-45(30-11-10-29-32(37-30)34(39-38-29)44-18-23(2)48-24(3)19-44)35(47)28-12-15-42(20-28)21-31(46)43-16-13-26(14-17-43)25-6-8-27(9-7-25)33-36-22-41(4)40-33/h6-11,13,22-24,28H,5,12,14-21H2,1-4H3,(H,38,39)/t23-,24+,28-/m1/s1. The quantitative estimate of drug-likeness (QED) is 0.305. The van der Waals surface area contributed by atoms with E-state index in [0.29, 0.717) is 44.4 Å². The van der Waals surface area contributed by atoms with Crippen LogP contribution in [0.1, 0.15) is 39.2 Å². The molecular weight excluding hydrogens is 608 g/mol. The number of morpholine rings is 1. The third-order valence-electron chi connectivity index (χ3n) is 9.61. The summed E-state index contributed by atoms with van der Waals surface area (Å²) in [4.78, 5) is 44.4. The zero-order chi connectivity index (χ0) is 33.4. The molecule has 0 spiro atoms. The number of ether oxygens (including phenoxy) is 1. The topological polar surface area (TPSA) is 129 Å². The molecule has 0 radical (unpaired) electrons. The molecule has 7 rings (SSSR count). The van der Waals surface area contributed by atoms with E-state index >= 15 is 0 Å². The van der Waals surface area contributed by atoms with Crippen molar-refractivity contribution in [3.05, 3.63) is 54.4 Å². The number of anilines is 2. The number of pyridine rings is 1. The summed E-state index contributed by atoms with van der Waals surface area (Å²) in [5.74, 6) is 2.10. The Morgan fingerprint density at radius 1 is 1.02 bits per heavy atom. The average Bonchev–Trinajstić information content (AvgIpc) is 3.85. The van der Waals surface area contributed by atoms with Gasteiger partial charge in [-0.2, -0.15) is 10.2 Å². The Kier molecular flexibility index (Phi) is 8.97. The maximum absolute atomic E-state index is 13.8. The highest BCUT2D eigenvalue weighted by Gasteiger charge is 2.34. The number of fused-ring (bicyclic) bond motifs is 1. The molecule has 13 nitrogen and oxygen atoms in total. The number of likely N-dealkylation sites (tertiary alicyclic amines) is 1. The molecule has 6 heterocycles. The SMILES string of the molecule is CCN(C(=O)[C@@H]1CCN(CC(=O)N2CC=C(c3ccc(-c4ncn(C)n4)cc3)CC2)C1)c1ccc2[nH]nc(N3C[C@@H](C)O[C@@H](C)C3)c2n1. The molecule has 13 heteroatoms. The Hall–Kier alpha value is -4.62. The Balaban J connectivity index is 0.947. The summed E-state index contributed by atoms with van der Waals surface area (Å²) in [6.07, 6.45) is 5.57. The Bertz CT molecular complexity index is 1800. The first-order valence-corrected chi connectivity index (χ1v) is 17.0. The number of aromatic nitrogens is 6. The van der Waals surface area contributed by atoms with Gasteiger partial charge >= 0.3 is 0 Å². The molecular formula is C35H44N10O3. The van der Waals surface area contributed by atoms with Crippen LogP contribution in [0.4, 0.5) is 11.6 Å². The van der Waals surface area contributed by atoms with Crippen LogP contribution in [0.3, 0.4) is 0 Å². The van der Waals surface area contributed by atoms with Gasteiger partial charge in [-0.3, -0.25) is 29.2 Å². The minimum absolute atomic E-state index is 0.0494. The number of aromatic amines is 1. The molecule has 252 valence electrons. The smallest absolute Gasteiger partial charge is 0.237 e. The van der Waals surface area contributed by atoms with Crippen LogP contribution in [0.15, 0.2) is 48.8 Å². The van der Waals surface area contributed by atoms with Crippen LogP contribution in [0.5, 0.6) is 0 Å². The van der Waals surface area contributed by atoms with Gasteiger partial charge in [0.1, 0.15) is 17.7 Å². The number of nitrogens with one attached hydrogen (secondary N) is 1. The fourth-order valence-corrected chi connectivity index (χ4v) is 7.18. The molecule has 1 N–H and O–H groups in total. The summed E-state index contributed by atoms with van der Waals surface area (Å²) in [7, 11) is 1.86. The molecule has 0 aliphatic carbocycles. The van der Waals surface area contributed by atoms with Crippen molar-refractivity contribution in [2.24, 2.45) is 13.0 Å². The van der Waals surface area contributed by atoms with Crippen LogP contribution in [-0.2, 0) is 21.4 Å². The second-order valence-corrected chi connectivity index (χ2v) is 13.2. The van der Waals surface area contributed by atoms with Crippen molar-refractivity contribution in [2.45, 2.75) is 45.8 Å². The number of carbonyl (C=O) groups is 2.